The monoisotopic (exact) mass is 269 g/mol. The van der Waals surface area contributed by atoms with Crippen molar-refractivity contribution in [1.29, 1.82) is 0 Å². The average molecular weight is 269 g/mol. The van der Waals surface area contributed by atoms with E-state index in [1.807, 2.05) is 6.92 Å². The fourth-order valence-corrected chi connectivity index (χ4v) is 3.11. The lowest BCUT2D eigenvalue weighted by molar-refractivity contribution is -0.149. The molecule has 2 rings (SSSR count). The Hall–Kier alpha value is -0.610. The van der Waals surface area contributed by atoms with Crippen LogP contribution < -0.4 is 0 Å². The lowest BCUT2D eigenvalue weighted by Crippen LogP contribution is -2.41. The van der Waals surface area contributed by atoms with E-state index in [9.17, 15) is 4.79 Å². The molecule has 0 aliphatic carbocycles. The maximum Gasteiger partial charge on any atom is 0.309 e. The zero-order chi connectivity index (χ0) is 13.9. The molecule has 0 N–H and O–H groups in total. The number of nitrogens with zero attached hydrogens (tertiary/aromatic N) is 1. The zero-order valence-electron chi connectivity index (χ0n) is 12.5. The van der Waals surface area contributed by atoms with E-state index in [1.165, 1.54) is 0 Å². The normalized spacial score (nSPS) is 28.5. The van der Waals surface area contributed by atoms with Crippen molar-refractivity contribution < 1.29 is 14.3 Å². The number of ether oxygens (including phenoxy) is 2. The van der Waals surface area contributed by atoms with Crippen LogP contribution in [0.5, 0.6) is 0 Å². The quantitative estimate of drug-likeness (QED) is 0.734. The highest BCUT2D eigenvalue weighted by Crippen LogP contribution is 2.30. The van der Waals surface area contributed by atoms with E-state index in [0.29, 0.717) is 12.7 Å². The standard InChI is InChI=1S/C15H27NO3/c1-4-18-14(17)12-6-9-16(10-7-12)11-13-5-8-15(2,3)19-13/h12-13H,4-11H2,1-3H3. The van der Waals surface area contributed by atoms with Crippen LogP contribution in [-0.4, -0.2) is 48.8 Å². The van der Waals surface area contributed by atoms with Crippen molar-refractivity contribution in [2.45, 2.75) is 58.2 Å². The van der Waals surface area contributed by atoms with E-state index in [-0.39, 0.29) is 17.5 Å². The summed E-state index contributed by atoms with van der Waals surface area (Å²) in [6, 6.07) is 0. The number of hydrogen-bond donors (Lipinski definition) is 0. The summed E-state index contributed by atoms with van der Waals surface area (Å²) in [6.45, 7) is 9.68. The summed E-state index contributed by atoms with van der Waals surface area (Å²) in [6.07, 6.45) is 4.53. The van der Waals surface area contributed by atoms with Crippen LogP contribution in [0.15, 0.2) is 0 Å². The first kappa shape index (κ1) is 14.8. The van der Waals surface area contributed by atoms with Crippen molar-refractivity contribution in [2.75, 3.05) is 26.2 Å². The molecule has 2 saturated heterocycles. The molecule has 0 spiro atoms. The Labute approximate surface area is 116 Å². The van der Waals surface area contributed by atoms with Gasteiger partial charge in [0.1, 0.15) is 0 Å². The van der Waals surface area contributed by atoms with Crippen LogP contribution in [0.4, 0.5) is 0 Å². The minimum atomic E-state index is -0.0135. The Balaban J connectivity index is 1.71. The van der Waals surface area contributed by atoms with E-state index in [4.69, 9.17) is 9.47 Å². The van der Waals surface area contributed by atoms with Crippen molar-refractivity contribution >= 4 is 5.97 Å². The fraction of sp³-hybridized carbons (Fsp3) is 0.933. The van der Waals surface area contributed by atoms with Crippen molar-refractivity contribution in [3.05, 3.63) is 0 Å². The number of hydrogen-bond acceptors (Lipinski definition) is 4. The Kier molecular flexibility index (Phi) is 4.85. The third-order valence-electron chi connectivity index (χ3n) is 4.22. The summed E-state index contributed by atoms with van der Waals surface area (Å²) in [5, 5.41) is 0. The molecule has 1 unspecified atom stereocenters. The zero-order valence-corrected chi connectivity index (χ0v) is 12.5. The summed E-state index contributed by atoms with van der Waals surface area (Å²) >= 11 is 0. The van der Waals surface area contributed by atoms with Crippen LogP contribution >= 0.6 is 0 Å². The van der Waals surface area contributed by atoms with Gasteiger partial charge >= 0.3 is 5.97 Å². The maximum atomic E-state index is 11.7. The summed E-state index contributed by atoms with van der Waals surface area (Å²) in [7, 11) is 0. The van der Waals surface area contributed by atoms with Crippen molar-refractivity contribution in [3.8, 4) is 0 Å². The van der Waals surface area contributed by atoms with E-state index < -0.39 is 0 Å². The number of carbonyl (C=O) groups excluding carboxylic acids is 1. The van der Waals surface area contributed by atoms with Crippen LogP contribution in [0.25, 0.3) is 0 Å². The Morgan fingerprint density at radius 3 is 2.53 bits per heavy atom. The van der Waals surface area contributed by atoms with Gasteiger partial charge in [0, 0.05) is 6.54 Å². The van der Waals surface area contributed by atoms with Crippen molar-refractivity contribution in [1.82, 2.24) is 4.90 Å². The second kappa shape index (κ2) is 6.23. The van der Waals surface area contributed by atoms with Gasteiger partial charge in [0.05, 0.1) is 24.2 Å². The van der Waals surface area contributed by atoms with Gasteiger partial charge in [0.15, 0.2) is 0 Å². The third-order valence-corrected chi connectivity index (χ3v) is 4.22. The largest absolute Gasteiger partial charge is 0.466 e. The molecule has 0 bridgehead atoms. The van der Waals surface area contributed by atoms with E-state index in [0.717, 1.165) is 45.3 Å². The number of piperidine rings is 1. The molecule has 0 aromatic carbocycles. The minimum Gasteiger partial charge on any atom is -0.466 e. The second-order valence-electron chi connectivity index (χ2n) is 6.37. The molecule has 0 aromatic rings. The number of esters is 1. The van der Waals surface area contributed by atoms with Gasteiger partial charge in [-0.25, -0.2) is 0 Å². The Morgan fingerprint density at radius 2 is 2.00 bits per heavy atom. The van der Waals surface area contributed by atoms with Gasteiger partial charge in [0.2, 0.25) is 0 Å². The van der Waals surface area contributed by atoms with Crippen LogP contribution in [0.2, 0.25) is 0 Å². The average Bonchev–Trinajstić information content (AvgIpc) is 2.70. The Morgan fingerprint density at radius 1 is 1.32 bits per heavy atom. The van der Waals surface area contributed by atoms with Crippen LogP contribution in [-0.2, 0) is 14.3 Å². The number of likely N-dealkylation sites (tertiary alicyclic amines) is 1. The van der Waals surface area contributed by atoms with Gasteiger partial charge in [-0.15, -0.1) is 0 Å². The van der Waals surface area contributed by atoms with Crippen LogP contribution in [0, 0.1) is 5.92 Å². The highest BCUT2D eigenvalue weighted by atomic mass is 16.5. The molecule has 2 aliphatic rings. The van der Waals surface area contributed by atoms with E-state index in [1.54, 1.807) is 0 Å². The molecular weight excluding hydrogens is 242 g/mol. The lowest BCUT2D eigenvalue weighted by Gasteiger charge is -2.32. The van der Waals surface area contributed by atoms with Gasteiger partial charge in [-0.2, -0.15) is 0 Å². The summed E-state index contributed by atoms with van der Waals surface area (Å²) in [5.74, 6) is 0.0949. The lowest BCUT2D eigenvalue weighted by atomic mass is 9.96. The predicted octanol–water partition coefficient (Wildman–Crippen LogP) is 2.22. The molecule has 4 heteroatoms. The predicted molar refractivity (Wildman–Crippen MR) is 74.0 cm³/mol. The smallest absolute Gasteiger partial charge is 0.309 e. The van der Waals surface area contributed by atoms with Crippen molar-refractivity contribution in [2.24, 2.45) is 5.92 Å². The second-order valence-corrected chi connectivity index (χ2v) is 6.37. The minimum absolute atomic E-state index is 0.0135. The highest BCUT2D eigenvalue weighted by Gasteiger charge is 2.34. The SMILES string of the molecule is CCOC(=O)C1CCN(CC2CCC(C)(C)O2)CC1. The molecule has 0 saturated carbocycles. The molecule has 2 fully saturated rings. The van der Waals surface area contributed by atoms with Gasteiger partial charge in [-0.3, -0.25) is 4.79 Å². The molecule has 0 radical (unpaired) electrons. The first-order valence-corrected chi connectivity index (χ1v) is 7.57. The van der Waals surface area contributed by atoms with Gasteiger partial charge in [-0.1, -0.05) is 0 Å². The molecule has 19 heavy (non-hydrogen) atoms. The molecule has 0 aromatic heterocycles. The number of carbonyl (C=O) groups is 1. The van der Waals surface area contributed by atoms with Gasteiger partial charge in [0.25, 0.3) is 0 Å². The summed E-state index contributed by atoms with van der Waals surface area (Å²) in [4.78, 5) is 14.1. The molecule has 110 valence electrons. The van der Waals surface area contributed by atoms with Gasteiger partial charge < -0.3 is 14.4 Å². The first-order chi connectivity index (χ1) is 9.00. The van der Waals surface area contributed by atoms with Crippen LogP contribution in [0.3, 0.4) is 0 Å². The molecule has 2 aliphatic heterocycles. The van der Waals surface area contributed by atoms with Crippen LogP contribution in [0.1, 0.15) is 46.5 Å². The van der Waals surface area contributed by atoms with Crippen molar-refractivity contribution in [3.63, 3.8) is 0 Å². The van der Waals surface area contributed by atoms with E-state index >= 15 is 0 Å². The molecule has 2 heterocycles. The molecule has 1 atom stereocenters. The highest BCUT2D eigenvalue weighted by molar-refractivity contribution is 5.72. The van der Waals surface area contributed by atoms with Gasteiger partial charge in [-0.05, 0) is 59.5 Å². The topological polar surface area (TPSA) is 38.8 Å². The maximum absolute atomic E-state index is 11.7. The molecule has 4 nitrogen and oxygen atoms in total. The molecular formula is C15H27NO3. The molecule has 0 amide bonds. The first-order valence-electron chi connectivity index (χ1n) is 7.57. The Bertz CT molecular complexity index is 309. The third kappa shape index (κ3) is 4.18. The van der Waals surface area contributed by atoms with E-state index in [2.05, 4.69) is 18.7 Å². The summed E-state index contributed by atoms with van der Waals surface area (Å²) in [5.41, 5.74) is 0.0495. The fourth-order valence-electron chi connectivity index (χ4n) is 3.11. The number of rotatable bonds is 4. The summed E-state index contributed by atoms with van der Waals surface area (Å²) < 4.78 is 11.1.